The van der Waals surface area contributed by atoms with Crippen molar-refractivity contribution in [3.05, 3.63) is 102 Å². The second-order valence-electron chi connectivity index (χ2n) is 8.02. The summed E-state index contributed by atoms with van der Waals surface area (Å²) < 4.78 is 5.78. The maximum absolute atomic E-state index is 12.8. The van der Waals surface area contributed by atoms with Crippen molar-refractivity contribution in [1.82, 2.24) is 20.6 Å². The monoisotopic (exact) mass is 468 g/mol. The van der Waals surface area contributed by atoms with E-state index in [2.05, 4.69) is 26.3 Å². The van der Waals surface area contributed by atoms with Gasteiger partial charge in [0.05, 0.1) is 5.69 Å². The third-order valence-corrected chi connectivity index (χ3v) is 5.55. The van der Waals surface area contributed by atoms with Gasteiger partial charge >= 0.3 is 6.03 Å². The number of hydrogen-bond donors (Lipinski definition) is 4. The predicted molar refractivity (Wildman–Crippen MR) is 132 cm³/mol. The standard InChI is InChI=1S/C26H24N6O3/c33-25(18-11-13-21(14-12-18)35-20-9-5-2-6-10-20)28-24-22-17-32(16-15-23(22)29-30-24)31-26(34)27-19-7-3-1-4-8-19/h1-14H,15-17H2,(H2,27,31,34)(H2,28,29,30,33). The molecule has 1 aliphatic rings. The number of ether oxygens (including phenoxy) is 1. The Hall–Kier alpha value is -4.63. The van der Waals surface area contributed by atoms with Crippen LogP contribution in [-0.4, -0.2) is 33.7 Å². The van der Waals surface area contributed by atoms with Crippen LogP contribution in [-0.2, 0) is 13.0 Å². The largest absolute Gasteiger partial charge is 0.457 e. The molecule has 4 N–H and O–H groups in total. The van der Waals surface area contributed by atoms with E-state index in [1.807, 2.05) is 60.7 Å². The lowest BCUT2D eigenvalue weighted by Crippen LogP contribution is -2.46. The summed E-state index contributed by atoms with van der Waals surface area (Å²) in [6.07, 6.45) is 0.638. The van der Waals surface area contributed by atoms with E-state index in [1.165, 1.54) is 0 Å². The highest BCUT2D eigenvalue weighted by atomic mass is 16.5. The van der Waals surface area contributed by atoms with Gasteiger partial charge in [-0.05, 0) is 48.5 Å². The number of carbonyl (C=O) groups is 2. The van der Waals surface area contributed by atoms with Gasteiger partial charge in [-0.3, -0.25) is 15.3 Å². The van der Waals surface area contributed by atoms with Crippen LogP contribution in [0.2, 0.25) is 0 Å². The Kier molecular flexibility index (Phi) is 6.40. The van der Waals surface area contributed by atoms with Crippen LogP contribution in [0.15, 0.2) is 84.9 Å². The molecule has 4 aromatic rings. The smallest absolute Gasteiger partial charge is 0.333 e. The molecule has 0 bridgehead atoms. The average Bonchev–Trinajstić information content (AvgIpc) is 3.27. The number of nitrogens with zero attached hydrogens (tertiary/aromatic N) is 2. The van der Waals surface area contributed by atoms with Gasteiger partial charge in [0.2, 0.25) is 0 Å². The van der Waals surface area contributed by atoms with Crippen LogP contribution in [0.1, 0.15) is 21.6 Å². The first-order chi connectivity index (χ1) is 17.1. The zero-order valence-corrected chi connectivity index (χ0v) is 18.8. The minimum atomic E-state index is -0.327. The van der Waals surface area contributed by atoms with Crippen LogP contribution in [0.4, 0.5) is 16.3 Å². The van der Waals surface area contributed by atoms with Gasteiger partial charge in [-0.2, -0.15) is 5.10 Å². The Bertz CT molecular complexity index is 1310. The number of hydrogen-bond acceptors (Lipinski definition) is 5. The second-order valence-corrected chi connectivity index (χ2v) is 8.02. The lowest BCUT2D eigenvalue weighted by atomic mass is 10.1. The Morgan fingerprint density at radius 2 is 1.54 bits per heavy atom. The number of fused-ring (bicyclic) bond motifs is 1. The van der Waals surface area contributed by atoms with Gasteiger partial charge in [0.15, 0.2) is 0 Å². The summed E-state index contributed by atoms with van der Waals surface area (Å²) in [5.41, 5.74) is 5.76. The van der Waals surface area contributed by atoms with Crippen molar-refractivity contribution in [2.75, 3.05) is 17.2 Å². The van der Waals surface area contributed by atoms with Gasteiger partial charge in [0.25, 0.3) is 5.91 Å². The third-order valence-electron chi connectivity index (χ3n) is 5.55. The highest BCUT2D eigenvalue weighted by Crippen LogP contribution is 2.25. The van der Waals surface area contributed by atoms with E-state index in [1.54, 1.807) is 29.3 Å². The van der Waals surface area contributed by atoms with Crippen molar-refractivity contribution in [3.8, 4) is 11.5 Å². The Morgan fingerprint density at radius 3 is 2.29 bits per heavy atom. The fraction of sp³-hybridized carbons (Fsp3) is 0.115. The number of benzene rings is 3. The minimum Gasteiger partial charge on any atom is -0.457 e. The molecule has 0 spiro atoms. The van der Waals surface area contributed by atoms with Crippen molar-refractivity contribution in [2.24, 2.45) is 0 Å². The first-order valence-electron chi connectivity index (χ1n) is 11.2. The lowest BCUT2D eigenvalue weighted by molar-refractivity contribution is 0.102. The first kappa shape index (κ1) is 22.2. The maximum Gasteiger partial charge on any atom is 0.333 e. The molecule has 0 atom stereocenters. The number of anilines is 2. The second kappa shape index (κ2) is 10.1. The lowest BCUT2D eigenvalue weighted by Gasteiger charge is -2.27. The minimum absolute atomic E-state index is 0.269. The van der Waals surface area contributed by atoms with Crippen LogP contribution in [0.25, 0.3) is 0 Å². The molecule has 9 heteroatoms. The summed E-state index contributed by atoms with van der Waals surface area (Å²) in [4.78, 5) is 25.2. The van der Waals surface area contributed by atoms with Gasteiger partial charge in [-0.1, -0.05) is 36.4 Å². The van der Waals surface area contributed by atoms with E-state index in [-0.39, 0.29) is 11.9 Å². The van der Waals surface area contributed by atoms with E-state index in [9.17, 15) is 9.59 Å². The van der Waals surface area contributed by atoms with E-state index in [4.69, 9.17) is 4.74 Å². The van der Waals surface area contributed by atoms with Crippen molar-refractivity contribution >= 4 is 23.4 Å². The molecule has 0 radical (unpaired) electrons. The first-order valence-corrected chi connectivity index (χ1v) is 11.2. The predicted octanol–water partition coefficient (Wildman–Crippen LogP) is 4.55. The summed E-state index contributed by atoms with van der Waals surface area (Å²) >= 11 is 0. The number of hydrazine groups is 1. The van der Waals surface area contributed by atoms with E-state index < -0.39 is 0 Å². The Balaban J connectivity index is 1.20. The van der Waals surface area contributed by atoms with Gasteiger partial charge < -0.3 is 15.4 Å². The molecule has 0 aliphatic carbocycles. The molecule has 1 aliphatic heterocycles. The Labute approximate surface area is 202 Å². The number of urea groups is 1. The third kappa shape index (κ3) is 5.48. The molecule has 9 nitrogen and oxygen atoms in total. The molecular formula is C26H24N6O3. The topological polar surface area (TPSA) is 111 Å². The van der Waals surface area contributed by atoms with Crippen LogP contribution in [0, 0.1) is 0 Å². The molecule has 35 heavy (non-hydrogen) atoms. The molecular weight excluding hydrogens is 444 g/mol. The molecule has 0 unspecified atom stereocenters. The summed E-state index contributed by atoms with van der Waals surface area (Å²) in [5, 5.41) is 14.7. The number of nitrogens with one attached hydrogen (secondary N) is 4. The molecule has 0 fully saturated rings. The fourth-order valence-corrected chi connectivity index (χ4v) is 3.80. The number of aromatic amines is 1. The number of amides is 3. The zero-order chi connectivity index (χ0) is 24.0. The van der Waals surface area contributed by atoms with Gasteiger partial charge in [-0.15, -0.1) is 0 Å². The molecule has 176 valence electrons. The van der Waals surface area contributed by atoms with E-state index in [0.717, 1.165) is 17.0 Å². The summed E-state index contributed by atoms with van der Waals surface area (Å²) in [6.45, 7) is 1.02. The van der Waals surface area contributed by atoms with Crippen LogP contribution < -0.4 is 20.8 Å². The molecule has 1 aromatic heterocycles. The normalized spacial score (nSPS) is 12.9. The van der Waals surface area contributed by atoms with Gasteiger partial charge in [0, 0.05) is 36.3 Å². The number of rotatable bonds is 6. The molecule has 5 rings (SSSR count). The fourth-order valence-electron chi connectivity index (χ4n) is 3.80. The summed E-state index contributed by atoms with van der Waals surface area (Å²) in [7, 11) is 0. The van der Waals surface area contributed by atoms with Crippen LogP contribution >= 0.6 is 0 Å². The molecule has 0 saturated carbocycles. The van der Waals surface area contributed by atoms with Gasteiger partial charge in [0.1, 0.15) is 17.3 Å². The van der Waals surface area contributed by atoms with Crippen LogP contribution in [0.5, 0.6) is 11.5 Å². The van der Waals surface area contributed by atoms with Crippen molar-refractivity contribution in [1.29, 1.82) is 0 Å². The summed E-state index contributed by atoms with van der Waals surface area (Å²) in [5.74, 6) is 1.62. The number of para-hydroxylation sites is 2. The van der Waals surface area contributed by atoms with Crippen molar-refractivity contribution < 1.29 is 14.3 Å². The van der Waals surface area contributed by atoms with Crippen molar-refractivity contribution in [3.63, 3.8) is 0 Å². The highest BCUT2D eigenvalue weighted by Gasteiger charge is 2.24. The zero-order valence-electron chi connectivity index (χ0n) is 18.8. The van der Waals surface area contributed by atoms with E-state index >= 15 is 0 Å². The van der Waals surface area contributed by atoms with Crippen LogP contribution in [0.3, 0.4) is 0 Å². The molecule has 2 heterocycles. The van der Waals surface area contributed by atoms with Gasteiger partial charge in [-0.25, -0.2) is 9.80 Å². The summed E-state index contributed by atoms with van der Waals surface area (Å²) in [6, 6.07) is 25.3. The average molecular weight is 469 g/mol. The number of carbonyl (C=O) groups excluding carboxylic acids is 2. The van der Waals surface area contributed by atoms with Crippen molar-refractivity contribution in [2.45, 2.75) is 13.0 Å². The number of aromatic nitrogens is 2. The van der Waals surface area contributed by atoms with E-state index in [0.29, 0.717) is 42.3 Å². The SMILES string of the molecule is O=C(Nc1ccccc1)NN1CCc2n[nH]c(NC(=O)c3ccc(Oc4ccccc4)cc3)c2C1. The molecule has 3 aromatic carbocycles. The quantitative estimate of drug-likeness (QED) is 0.332. The highest BCUT2D eigenvalue weighted by molar-refractivity contribution is 6.04. The molecule has 3 amide bonds. The maximum atomic E-state index is 12.8. The molecule has 0 saturated heterocycles. The number of H-pyrrole nitrogens is 1. The Morgan fingerprint density at radius 1 is 0.857 bits per heavy atom.